The van der Waals surface area contributed by atoms with Crippen LogP contribution in [0.25, 0.3) is 0 Å². The summed E-state index contributed by atoms with van der Waals surface area (Å²) in [5.41, 5.74) is 5.18. The summed E-state index contributed by atoms with van der Waals surface area (Å²) >= 11 is 5.30. The maximum absolute atomic E-state index is 12.4. The van der Waals surface area contributed by atoms with E-state index in [2.05, 4.69) is 28.6 Å². The molecule has 0 aliphatic heterocycles. The fraction of sp³-hybridized carbons (Fsp3) is 0.714. The summed E-state index contributed by atoms with van der Waals surface area (Å²) in [5, 5.41) is 25.7. The number of aliphatic hydroxyl groups is 1. The second-order valence-corrected chi connectivity index (χ2v) is 6.77. The van der Waals surface area contributed by atoms with Crippen molar-refractivity contribution < 1.29 is 29.4 Å². The number of aliphatic carboxylic acids is 1. The van der Waals surface area contributed by atoms with Gasteiger partial charge in [0, 0.05) is 5.75 Å². The van der Waals surface area contributed by atoms with Crippen LogP contribution in [0.5, 0.6) is 0 Å². The standard InChI is InChI=1S/C14H26N4O6S2/c1-7(19)11(18-10(20)5-15)13(22)16-8(3-4-26-2)12(21)17-9(6-25)14(23)24/h7-9,11,19,25H,3-6,15H2,1-2H3,(H,16,22)(H,17,21)(H,18,20)(H,23,24). The molecule has 7 N–H and O–H groups in total. The molecule has 26 heavy (non-hydrogen) atoms. The van der Waals surface area contributed by atoms with Gasteiger partial charge in [0.1, 0.15) is 18.1 Å². The summed E-state index contributed by atoms with van der Waals surface area (Å²) in [7, 11) is 0. The van der Waals surface area contributed by atoms with E-state index in [1.807, 2.05) is 6.26 Å². The van der Waals surface area contributed by atoms with E-state index in [0.29, 0.717) is 5.75 Å². The van der Waals surface area contributed by atoms with E-state index in [4.69, 9.17) is 10.8 Å². The van der Waals surface area contributed by atoms with Crippen LogP contribution in [0.3, 0.4) is 0 Å². The van der Waals surface area contributed by atoms with Crippen molar-refractivity contribution in [2.45, 2.75) is 37.6 Å². The average Bonchev–Trinajstić information content (AvgIpc) is 2.59. The summed E-state index contributed by atoms with van der Waals surface area (Å²) in [6, 6.07) is -3.53. The minimum atomic E-state index is -1.30. The van der Waals surface area contributed by atoms with E-state index < -0.39 is 47.9 Å². The van der Waals surface area contributed by atoms with Gasteiger partial charge in [-0.1, -0.05) is 0 Å². The molecule has 0 aromatic carbocycles. The first-order valence-electron chi connectivity index (χ1n) is 7.78. The van der Waals surface area contributed by atoms with Gasteiger partial charge in [-0.15, -0.1) is 0 Å². The molecule has 0 aliphatic rings. The van der Waals surface area contributed by atoms with Crippen molar-refractivity contribution in [3.8, 4) is 0 Å². The highest BCUT2D eigenvalue weighted by Crippen LogP contribution is 2.04. The van der Waals surface area contributed by atoms with Crippen LogP contribution >= 0.6 is 24.4 Å². The first kappa shape index (κ1) is 24.5. The highest BCUT2D eigenvalue weighted by atomic mass is 32.2. The molecule has 0 bridgehead atoms. The van der Waals surface area contributed by atoms with Crippen molar-refractivity contribution in [3.63, 3.8) is 0 Å². The molecule has 10 nitrogen and oxygen atoms in total. The Morgan fingerprint density at radius 3 is 2.12 bits per heavy atom. The van der Waals surface area contributed by atoms with Gasteiger partial charge in [-0.25, -0.2) is 4.79 Å². The number of carbonyl (C=O) groups is 4. The number of rotatable bonds is 12. The van der Waals surface area contributed by atoms with E-state index in [9.17, 15) is 24.3 Å². The lowest BCUT2D eigenvalue weighted by atomic mass is 10.1. The lowest BCUT2D eigenvalue weighted by molar-refractivity contribution is -0.141. The van der Waals surface area contributed by atoms with Gasteiger partial charge in [-0.05, 0) is 25.4 Å². The Kier molecular flexibility index (Phi) is 12.1. The van der Waals surface area contributed by atoms with Crippen molar-refractivity contribution >= 4 is 48.1 Å². The zero-order valence-corrected chi connectivity index (χ0v) is 16.3. The predicted octanol–water partition coefficient (Wildman–Crippen LogP) is -2.45. The summed E-state index contributed by atoms with van der Waals surface area (Å²) in [6.45, 7) is 0.939. The SMILES string of the molecule is CSCCC(NC(=O)C(NC(=O)CN)C(C)O)C(=O)NC(CS)C(=O)O. The van der Waals surface area contributed by atoms with Crippen LogP contribution in [0.1, 0.15) is 13.3 Å². The van der Waals surface area contributed by atoms with Crippen LogP contribution in [0.2, 0.25) is 0 Å². The Morgan fingerprint density at radius 1 is 1.12 bits per heavy atom. The van der Waals surface area contributed by atoms with Gasteiger partial charge < -0.3 is 31.9 Å². The monoisotopic (exact) mass is 410 g/mol. The molecular formula is C14H26N4O6S2. The van der Waals surface area contributed by atoms with E-state index >= 15 is 0 Å². The number of nitrogens with one attached hydrogen (secondary N) is 3. The molecule has 4 atom stereocenters. The van der Waals surface area contributed by atoms with Crippen LogP contribution in [0.4, 0.5) is 0 Å². The molecule has 0 saturated carbocycles. The maximum atomic E-state index is 12.4. The zero-order chi connectivity index (χ0) is 20.3. The van der Waals surface area contributed by atoms with Crippen LogP contribution in [0, 0.1) is 0 Å². The minimum Gasteiger partial charge on any atom is -0.480 e. The van der Waals surface area contributed by atoms with Gasteiger partial charge in [0.2, 0.25) is 17.7 Å². The number of nitrogens with two attached hydrogens (primary N) is 1. The van der Waals surface area contributed by atoms with Crippen LogP contribution < -0.4 is 21.7 Å². The summed E-state index contributed by atoms with van der Waals surface area (Å²) in [4.78, 5) is 47.1. The number of hydrogen-bond donors (Lipinski definition) is 7. The molecule has 0 aliphatic carbocycles. The Bertz CT molecular complexity index is 506. The molecule has 0 aromatic heterocycles. The van der Waals surface area contributed by atoms with E-state index in [1.165, 1.54) is 18.7 Å². The molecular weight excluding hydrogens is 384 g/mol. The first-order valence-corrected chi connectivity index (χ1v) is 9.81. The van der Waals surface area contributed by atoms with Crippen molar-refractivity contribution in [3.05, 3.63) is 0 Å². The van der Waals surface area contributed by atoms with Crippen LogP contribution in [-0.4, -0.2) is 82.4 Å². The van der Waals surface area contributed by atoms with Gasteiger partial charge in [0.15, 0.2) is 0 Å². The number of hydrogen-bond acceptors (Lipinski definition) is 8. The summed E-state index contributed by atoms with van der Waals surface area (Å²) < 4.78 is 0. The largest absolute Gasteiger partial charge is 0.480 e. The molecule has 0 rings (SSSR count). The van der Waals surface area contributed by atoms with Crippen LogP contribution in [-0.2, 0) is 19.2 Å². The van der Waals surface area contributed by atoms with Gasteiger partial charge in [-0.3, -0.25) is 14.4 Å². The average molecular weight is 411 g/mol. The molecule has 4 unspecified atom stereocenters. The van der Waals surface area contributed by atoms with Crippen molar-refractivity contribution in [1.82, 2.24) is 16.0 Å². The zero-order valence-electron chi connectivity index (χ0n) is 14.6. The number of carboxylic acids is 1. The molecule has 0 heterocycles. The van der Waals surface area contributed by atoms with E-state index in [-0.39, 0.29) is 18.7 Å². The Balaban J connectivity index is 5.15. The third-order valence-corrected chi connectivity index (χ3v) is 4.32. The fourth-order valence-electron chi connectivity index (χ4n) is 1.86. The Morgan fingerprint density at radius 2 is 1.69 bits per heavy atom. The summed E-state index contributed by atoms with van der Waals surface area (Å²) in [6.07, 6.45) is 0.818. The van der Waals surface area contributed by atoms with Gasteiger partial charge in [-0.2, -0.15) is 24.4 Å². The highest BCUT2D eigenvalue weighted by Gasteiger charge is 2.30. The smallest absolute Gasteiger partial charge is 0.327 e. The Hall–Kier alpha value is -1.50. The topological polar surface area (TPSA) is 171 Å². The molecule has 12 heteroatoms. The van der Waals surface area contributed by atoms with Crippen molar-refractivity contribution in [2.24, 2.45) is 5.73 Å². The normalized spacial score (nSPS) is 15.3. The third-order valence-electron chi connectivity index (χ3n) is 3.31. The number of carbonyl (C=O) groups excluding carboxylic acids is 3. The van der Waals surface area contributed by atoms with Crippen LogP contribution in [0.15, 0.2) is 0 Å². The predicted molar refractivity (Wildman–Crippen MR) is 101 cm³/mol. The lowest BCUT2D eigenvalue weighted by Crippen LogP contribution is -2.59. The molecule has 0 fully saturated rings. The molecule has 3 amide bonds. The van der Waals surface area contributed by atoms with E-state index in [1.54, 1.807) is 0 Å². The molecule has 150 valence electrons. The Labute approximate surface area is 161 Å². The molecule has 0 saturated heterocycles. The van der Waals surface area contributed by atoms with Gasteiger partial charge >= 0.3 is 5.97 Å². The summed E-state index contributed by atoms with van der Waals surface area (Å²) in [5.74, 6) is -2.96. The fourth-order valence-corrected chi connectivity index (χ4v) is 2.58. The minimum absolute atomic E-state index is 0.118. The van der Waals surface area contributed by atoms with Crippen molar-refractivity contribution in [2.75, 3.05) is 24.3 Å². The van der Waals surface area contributed by atoms with Crippen molar-refractivity contribution in [1.29, 1.82) is 0 Å². The lowest BCUT2D eigenvalue weighted by Gasteiger charge is -2.25. The first-order chi connectivity index (χ1) is 12.2. The third kappa shape index (κ3) is 8.74. The second kappa shape index (κ2) is 12.8. The molecule has 0 radical (unpaired) electrons. The van der Waals surface area contributed by atoms with Gasteiger partial charge in [0.05, 0.1) is 12.6 Å². The second-order valence-electron chi connectivity index (χ2n) is 5.41. The van der Waals surface area contributed by atoms with Gasteiger partial charge in [0.25, 0.3) is 0 Å². The number of carboxylic acid groups (broad SMARTS) is 1. The number of thioether (sulfide) groups is 1. The highest BCUT2D eigenvalue weighted by molar-refractivity contribution is 7.98. The number of aliphatic hydroxyl groups excluding tert-OH is 1. The maximum Gasteiger partial charge on any atom is 0.327 e. The number of amides is 3. The quantitative estimate of drug-likeness (QED) is 0.174. The number of thiol groups is 1. The van der Waals surface area contributed by atoms with E-state index in [0.717, 1.165) is 0 Å². The molecule has 0 aromatic rings. The molecule has 0 spiro atoms.